The summed E-state index contributed by atoms with van der Waals surface area (Å²) >= 11 is 0. The van der Waals surface area contributed by atoms with Crippen LogP contribution in [0.5, 0.6) is 0 Å². The smallest absolute Gasteiger partial charge is 0.335 e. The van der Waals surface area contributed by atoms with Crippen LogP contribution in [0.1, 0.15) is 10.4 Å². The quantitative estimate of drug-likeness (QED) is 0.769. The van der Waals surface area contributed by atoms with Gasteiger partial charge in [0.25, 0.3) is 0 Å². The Kier molecular flexibility index (Phi) is 2.91. The second-order valence-corrected chi connectivity index (χ2v) is 4.42. The van der Waals surface area contributed by atoms with Crippen LogP contribution >= 0.6 is 0 Å². The lowest BCUT2D eigenvalue weighted by Crippen LogP contribution is -1.98. The van der Waals surface area contributed by atoms with E-state index < -0.39 is 11.8 Å². The molecule has 0 fully saturated rings. The fraction of sp³-hybridized carbons (Fsp3) is 0. The molecule has 0 aliphatic heterocycles. The van der Waals surface area contributed by atoms with E-state index in [1.165, 1.54) is 12.1 Å². The van der Waals surface area contributed by atoms with Crippen molar-refractivity contribution in [2.75, 3.05) is 0 Å². The molecule has 0 amide bonds. The van der Waals surface area contributed by atoms with Gasteiger partial charge < -0.3 is 5.11 Å². The van der Waals surface area contributed by atoms with Crippen molar-refractivity contribution in [1.29, 1.82) is 0 Å². The molecule has 0 unspecified atom stereocenters. The maximum atomic E-state index is 13.5. The first-order valence-electron chi connectivity index (χ1n) is 6.03. The largest absolute Gasteiger partial charge is 0.478 e. The van der Waals surface area contributed by atoms with E-state index in [4.69, 9.17) is 5.11 Å². The standard InChI is InChI=1S/C16H10FNO2/c17-13-8-11(7-12(9-13)16(19)20)15-6-5-10-3-1-2-4-14(10)18-15/h1-9H,(H,19,20). The summed E-state index contributed by atoms with van der Waals surface area (Å²) in [6.07, 6.45) is 0. The molecule has 20 heavy (non-hydrogen) atoms. The monoisotopic (exact) mass is 267 g/mol. The van der Waals surface area contributed by atoms with Crippen molar-refractivity contribution in [1.82, 2.24) is 4.98 Å². The van der Waals surface area contributed by atoms with Crippen LogP contribution in [0, 0.1) is 5.82 Å². The first kappa shape index (κ1) is 12.3. The highest BCUT2D eigenvalue weighted by Crippen LogP contribution is 2.23. The summed E-state index contributed by atoms with van der Waals surface area (Å²) in [7, 11) is 0. The predicted octanol–water partition coefficient (Wildman–Crippen LogP) is 3.74. The van der Waals surface area contributed by atoms with Crippen molar-refractivity contribution in [3.05, 3.63) is 66.0 Å². The third-order valence-corrected chi connectivity index (χ3v) is 3.04. The summed E-state index contributed by atoms with van der Waals surface area (Å²) < 4.78 is 13.5. The molecule has 3 nitrogen and oxygen atoms in total. The van der Waals surface area contributed by atoms with E-state index in [9.17, 15) is 9.18 Å². The highest BCUT2D eigenvalue weighted by Gasteiger charge is 2.09. The fourth-order valence-electron chi connectivity index (χ4n) is 2.09. The minimum absolute atomic E-state index is 0.0880. The number of para-hydroxylation sites is 1. The summed E-state index contributed by atoms with van der Waals surface area (Å²) in [5.41, 5.74) is 1.69. The maximum absolute atomic E-state index is 13.5. The molecule has 4 heteroatoms. The predicted molar refractivity (Wildman–Crippen MR) is 74.1 cm³/mol. The molecule has 0 bridgehead atoms. The molecule has 0 radical (unpaired) electrons. The van der Waals surface area contributed by atoms with Crippen LogP contribution < -0.4 is 0 Å². The minimum Gasteiger partial charge on any atom is -0.478 e. The average Bonchev–Trinajstić information content (AvgIpc) is 2.46. The van der Waals surface area contributed by atoms with Crippen LogP contribution in [-0.2, 0) is 0 Å². The molecule has 0 saturated carbocycles. The molecule has 1 N–H and O–H groups in total. The molecule has 3 rings (SSSR count). The van der Waals surface area contributed by atoms with Gasteiger partial charge in [0.05, 0.1) is 16.8 Å². The van der Waals surface area contributed by atoms with Gasteiger partial charge in [-0.15, -0.1) is 0 Å². The number of benzene rings is 2. The zero-order chi connectivity index (χ0) is 14.1. The number of halogens is 1. The number of hydrogen-bond acceptors (Lipinski definition) is 2. The number of pyridine rings is 1. The number of carbonyl (C=O) groups is 1. The highest BCUT2D eigenvalue weighted by molar-refractivity contribution is 5.89. The Balaban J connectivity index is 2.17. The van der Waals surface area contributed by atoms with Crippen LogP contribution in [0.4, 0.5) is 4.39 Å². The molecular formula is C16H10FNO2. The number of rotatable bonds is 2. The maximum Gasteiger partial charge on any atom is 0.335 e. The van der Waals surface area contributed by atoms with Crippen LogP contribution in [-0.4, -0.2) is 16.1 Å². The van der Waals surface area contributed by atoms with Gasteiger partial charge in [-0.2, -0.15) is 0 Å². The summed E-state index contributed by atoms with van der Waals surface area (Å²) in [5, 5.41) is 9.94. The van der Waals surface area contributed by atoms with Crippen molar-refractivity contribution in [2.24, 2.45) is 0 Å². The highest BCUT2D eigenvalue weighted by atomic mass is 19.1. The van der Waals surface area contributed by atoms with E-state index in [2.05, 4.69) is 4.98 Å². The summed E-state index contributed by atoms with van der Waals surface area (Å²) in [6, 6.07) is 14.9. The molecule has 0 spiro atoms. The lowest BCUT2D eigenvalue weighted by Gasteiger charge is -2.05. The second kappa shape index (κ2) is 4.74. The minimum atomic E-state index is -1.16. The first-order chi connectivity index (χ1) is 9.63. The fourth-order valence-corrected chi connectivity index (χ4v) is 2.09. The third-order valence-electron chi connectivity index (χ3n) is 3.04. The average molecular weight is 267 g/mol. The Labute approximate surface area is 114 Å². The van der Waals surface area contributed by atoms with Crippen LogP contribution in [0.2, 0.25) is 0 Å². The number of aromatic nitrogens is 1. The topological polar surface area (TPSA) is 50.2 Å². The lowest BCUT2D eigenvalue weighted by molar-refractivity contribution is 0.0696. The molecule has 0 aliphatic carbocycles. The SMILES string of the molecule is O=C(O)c1cc(F)cc(-c2ccc3ccccc3n2)c1. The molecule has 0 aliphatic rings. The van der Waals surface area contributed by atoms with Gasteiger partial charge in [-0.25, -0.2) is 14.2 Å². The van der Waals surface area contributed by atoms with E-state index in [0.717, 1.165) is 17.0 Å². The van der Waals surface area contributed by atoms with E-state index >= 15 is 0 Å². The molecule has 1 heterocycles. The van der Waals surface area contributed by atoms with Crippen molar-refractivity contribution < 1.29 is 14.3 Å². The normalized spacial score (nSPS) is 10.7. The Bertz CT molecular complexity index is 814. The number of aromatic carboxylic acids is 1. The summed E-state index contributed by atoms with van der Waals surface area (Å²) in [4.78, 5) is 15.4. The number of nitrogens with zero attached hydrogens (tertiary/aromatic N) is 1. The molecule has 3 aromatic rings. The van der Waals surface area contributed by atoms with Crippen molar-refractivity contribution in [2.45, 2.75) is 0 Å². The third kappa shape index (κ3) is 2.23. The first-order valence-corrected chi connectivity index (χ1v) is 6.03. The van der Waals surface area contributed by atoms with Gasteiger partial charge in [0, 0.05) is 10.9 Å². The van der Waals surface area contributed by atoms with Gasteiger partial charge in [0.15, 0.2) is 0 Å². The van der Waals surface area contributed by atoms with Gasteiger partial charge in [-0.3, -0.25) is 0 Å². The van der Waals surface area contributed by atoms with E-state index in [0.29, 0.717) is 11.3 Å². The lowest BCUT2D eigenvalue weighted by atomic mass is 10.1. The molecule has 1 aromatic heterocycles. The Hall–Kier alpha value is -2.75. The number of carboxylic acids is 1. The van der Waals surface area contributed by atoms with Crippen LogP contribution in [0.3, 0.4) is 0 Å². The Morgan fingerprint density at radius 2 is 1.85 bits per heavy atom. The van der Waals surface area contributed by atoms with Gasteiger partial charge in [0.1, 0.15) is 5.82 Å². The van der Waals surface area contributed by atoms with Crippen molar-refractivity contribution in [3.63, 3.8) is 0 Å². The molecule has 0 saturated heterocycles. The molecular weight excluding hydrogens is 257 g/mol. The van der Waals surface area contributed by atoms with Crippen LogP contribution in [0.25, 0.3) is 22.2 Å². The number of hydrogen-bond donors (Lipinski definition) is 1. The zero-order valence-corrected chi connectivity index (χ0v) is 10.4. The second-order valence-electron chi connectivity index (χ2n) is 4.42. The van der Waals surface area contributed by atoms with Gasteiger partial charge >= 0.3 is 5.97 Å². The molecule has 98 valence electrons. The zero-order valence-electron chi connectivity index (χ0n) is 10.4. The van der Waals surface area contributed by atoms with Crippen molar-refractivity contribution in [3.8, 4) is 11.3 Å². The van der Waals surface area contributed by atoms with Gasteiger partial charge in [-0.1, -0.05) is 24.3 Å². The van der Waals surface area contributed by atoms with E-state index in [1.54, 1.807) is 6.07 Å². The molecule has 0 atom stereocenters. The van der Waals surface area contributed by atoms with E-state index in [1.807, 2.05) is 30.3 Å². The van der Waals surface area contributed by atoms with Gasteiger partial charge in [0.2, 0.25) is 0 Å². The summed E-state index contributed by atoms with van der Waals surface area (Å²) in [6.45, 7) is 0. The number of fused-ring (bicyclic) bond motifs is 1. The van der Waals surface area contributed by atoms with Crippen LogP contribution in [0.15, 0.2) is 54.6 Å². The Morgan fingerprint density at radius 3 is 2.65 bits per heavy atom. The summed E-state index contributed by atoms with van der Waals surface area (Å²) in [5.74, 6) is -1.75. The van der Waals surface area contributed by atoms with E-state index in [-0.39, 0.29) is 5.56 Å². The molecule has 2 aromatic carbocycles. The van der Waals surface area contributed by atoms with Gasteiger partial charge in [-0.05, 0) is 30.3 Å². The number of carboxylic acid groups (broad SMARTS) is 1. The van der Waals surface area contributed by atoms with Crippen molar-refractivity contribution >= 4 is 16.9 Å². The Morgan fingerprint density at radius 1 is 1.05 bits per heavy atom.